The second-order valence-electron chi connectivity index (χ2n) is 8.20. The Hall–Kier alpha value is -2.27. The number of aryl methyl sites for hydroxylation is 1. The number of benzene rings is 1. The Balaban J connectivity index is 2.17. The van der Waals surface area contributed by atoms with Crippen LogP contribution in [0.15, 0.2) is 21.4 Å². The minimum Gasteiger partial charge on any atom is -0.489 e. The van der Waals surface area contributed by atoms with Crippen LogP contribution in [0.4, 0.5) is 0 Å². The predicted octanol–water partition coefficient (Wildman–Crippen LogP) is 4.38. The number of aliphatic hydroxyl groups is 1. The molecule has 0 spiro atoms. The summed E-state index contributed by atoms with van der Waals surface area (Å²) < 4.78 is 18.1. The van der Waals surface area contributed by atoms with Crippen LogP contribution in [0, 0.1) is 5.92 Å². The first kappa shape index (κ1) is 18.1. The van der Waals surface area contributed by atoms with Gasteiger partial charge in [0.25, 0.3) is 0 Å². The molecular formula is C22H26O5. The highest BCUT2D eigenvalue weighted by Crippen LogP contribution is 2.52. The normalized spacial score (nSPS) is 25.5. The summed E-state index contributed by atoms with van der Waals surface area (Å²) in [5, 5.41) is 11.8. The third kappa shape index (κ3) is 2.76. The number of ether oxygens (including phenoxy) is 2. The highest BCUT2D eigenvalue weighted by atomic mass is 16.5. The predicted molar refractivity (Wildman–Crippen MR) is 104 cm³/mol. The van der Waals surface area contributed by atoms with E-state index in [0.717, 1.165) is 29.4 Å². The van der Waals surface area contributed by atoms with Gasteiger partial charge in [-0.3, -0.25) is 0 Å². The van der Waals surface area contributed by atoms with Crippen LogP contribution in [0.5, 0.6) is 11.5 Å². The smallest absolute Gasteiger partial charge is 0.336 e. The molecule has 4 rings (SSSR count). The van der Waals surface area contributed by atoms with E-state index in [1.807, 2.05) is 39.8 Å². The van der Waals surface area contributed by atoms with Crippen LogP contribution in [0.2, 0.25) is 0 Å². The van der Waals surface area contributed by atoms with Gasteiger partial charge in [0, 0.05) is 12.0 Å². The van der Waals surface area contributed by atoms with E-state index in [1.165, 1.54) is 6.07 Å². The Morgan fingerprint density at radius 1 is 1.22 bits per heavy atom. The van der Waals surface area contributed by atoms with Crippen molar-refractivity contribution in [2.24, 2.45) is 5.92 Å². The third-order valence-electron chi connectivity index (χ3n) is 5.62. The molecule has 1 unspecified atom stereocenters. The second-order valence-corrected chi connectivity index (χ2v) is 8.20. The van der Waals surface area contributed by atoms with E-state index in [9.17, 15) is 9.90 Å². The number of aliphatic hydroxyl groups excluding tert-OH is 1. The average molecular weight is 370 g/mol. The lowest BCUT2D eigenvalue weighted by molar-refractivity contribution is 0.0173. The molecule has 5 nitrogen and oxygen atoms in total. The van der Waals surface area contributed by atoms with Crippen molar-refractivity contribution in [3.63, 3.8) is 0 Å². The Morgan fingerprint density at radius 3 is 2.67 bits per heavy atom. The molecule has 27 heavy (non-hydrogen) atoms. The minimum atomic E-state index is -0.778. The lowest BCUT2D eigenvalue weighted by Gasteiger charge is -2.37. The molecule has 1 aromatic heterocycles. The second kappa shape index (κ2) is 6.13. The van der Waals surface area contributed by atoms with Crippen molar-refractivity contribution in [1.29, 1.82) is 0 Å². The van der Waals surface area contributed by atoms with Crippen molar-refractivity contribution < 1.29 is 19.0 Å². The first-order valence-corrected chi connectivity index (χ1v) is 9.63. The van der Waals surface area contributed by atoms with Gasteiger partial charge in [0.1, 0.15) is 23.2 Å². The van der Waals surface area contributed by atoms with Crippen LogP contribution < -0.4 is 15.1 Å². The molecule has 5 heteroatoms. The number of hydrogen-bond acceptors (Lipinski definition) is 5. The molecule has 2 aromatic rings. The minimum absolute atomic E-state index is 0.121. The first-order chi connectivity index (χ1) is 12.7. The summed E-state index contributed by atoms with van der Waals surface area (Å²) in [7, 11) is 0. The zero-order valence-electron chi connectivity index (χ0n) is 16.5. The van der Waals surface area contributed by atoms with E-state index in [1.54, 1.807) is 0 Å². The summed E-state index contributed by atoms with van der Waals surface area (Å²) in [5.74, 6) is 1.10. The average Bonchev–Trinajstić information content (AvgIpc) is 2.58. The zero-order valence-corrected chi connectivity index (χ0v) is 16.5. The van der Waals surface area contributed by atoms with Crippen molar-refractivity contribution in [3.8, 4) is 11.5 Å². The van der Waals surface area contributed by atoms with Crippen LogP contribution in [-0.2, 0) is 6.42 Å². The number of fused-ring (bicyclic) bond motifs is 6. The van der Waals surface area contributed by atoms with Gasteiger partial charge in [-0.1, -0.05) is 20.3 Å². The monoisotopic (exact) mass is 370 g/mol. The summed E-state index contributed by atoms with van der Waals surface area (Å²) in [4.78, 5) is 12.3. The highest BCUT2D eigenvalue weighted by Gasteiger charge is 2.39. The summed E-state index contributed by atoms with van der Waals surface area (Å²) in [6.45, 7) is 9.91. The quantitative estimate of drug-likeness (QED) is 0.795. The van der Waals surface area contributed by atoms with Gasteiger partial charge in [0.15, 0.2) is 5.58 Å². The molecule has 144 valence electrons. The molecule has 2 aliphatic rings. The number of hydrogen-bond donors (Lipinski definition) is 1. The Morgan fingerprint density at radius 2 is 1.96 bits per heavy atom. The fraction of sp³-hybridized carbons (Fsp3) is 0.500. The lowest BCUT2D eigenvalue weighted by Crippen LogP contribution is -2.34. The summed E-state index contributed by atoms with van der Waals surface area (Å²) in [6.07, 6.45) is 4.65. The van der Waals surface area contributed by atoms with Crippen molar-refractivity contribution in [2.75, 3.05) is 0 Å². The number of rotatable bonds is 2. The van der Waals surface area contributed by atoms with E-state index in [2.05, 4.69) is 6.92 Å². The van der Waals surface area contributed by atoms with E-state index < -0.39 is 17.3 Å². The summed E-state index contributed by atoms with van der Waals surface area (Å²) in [5.41, 5.74) is 1.72. The molecule has 3 heterocycles. The SMILES string of the molecule is CCCc1cc(=O)oc2c3c(c4c(c12)OC(C)(C)C=C4)OC(C)[C@H](C)[C@@H]3O. The van der Waals surface area contributed by atoms with Gasteiger partial charge in [-0.05, 0) is 44.9 Å². The fourth-order valence-electron chi connectivity index (χ4n) is 3.98. The molecule has 0 saturated heterocycles. The van der Waals surface area contributed by atoms with Gasteiger partial charge in [-0.2, -0.15) is 0 Å². The van der Waals surface area contributed by atoms with Crippen LogP contribution in [0.3, 0.4) is 0 Å². The highest BCUT2D eigenvalue weighted by molar-refractivity contribution is 5.97. The van der Waals surface area contributed by atoms with Gasteiger partial charge in [-0.15, -0.1) is 0 Å². The summed E-state index contributed by atoms with van der Waals surface area (Å²) in [6, 6.07) is 1.54. The molecule has 0 saturated carbocycles. The van der Waals surface area contributed by atoms with Gasteiger partial charge in [-0.25, -0.2) is 4.79 Å². The van der Waals surface area contributed by atoms with Gasteiger partial charge >= 0.3 is 5.63 Å². The molecule has 1 N–H and O–H groups in total. The topological polar surface area (TPSA) is 68.9 Å². The van der Waals surface area contributed by atoms with Crippen molar-refractivity contribution in [3.05, 3.63) is 39.3 Å². The molecule has 0 amide bonds. The maximum Gasteiger partial charge on any atom is 0.336 e. The molecule has 1 aromatic carbocycles. The van der Waals surface area contributed by atoms with Crippen LogP contribution in [0.1, 0.15) is 63.8 Å². The van der Waals surface area contributed by atoms with E-state index in [-0.39, 0.29) is 12.0 Å². The van der Waals surface area contributed by atoms with Crippen molar-refractivity contribution in [2.45, 2.75) is 65.3 Å². The maximum absolute atomic E-state index is 12.3. The van der Waals surface area contributed by atoms with Gasteiger partial charge in [0.05, 0.1) is 22.6 Å². The van der Waals surface area contributed by atoms with E-state index >= 15 is 0 Å². The Kier molecular flexibility index (Phi) is 4.11. The maximum atomic E-state index is 12.3. The summed E-state index contributed by atoms with van der Waals surface area (Å²) >= 11 is 0. The first-order valence-electron chi connectivity index (χ1n) is 9.63. The molecular weight excluding hydrogens is 344 g/mol. The molecule has 0 radical (unpaired) electrons. The fourth-order valence-corrected chi connectivity index (χ4v) is 3.98. The molecule has 2 aliphatic heterocycles. The molecule has 0 aliphatic carbocycles. The van der Waals surface area contributed by atoms with Gasteiger partial charge in [0.2, 0.25) is 0 Å². The van der Waals surface area contributed by atoms with Gasteiger partial charge < -0.3 is 19.0 Å². The van der Waals surface area contributed by atoms with Crippen LogP contribution in [0.25, 0.3) is 17.0 Å². The third-order valence-corrected chi connectivity index (χ3v) is 5.62. The van der Waals surface area contributed by atoms with Crippen molar-refractivity contribution >= 4 is 17.0 Å². The Labute approximate surface area is 158 Å². The lowest BCUT2D eigenvalue weighted by atomic mass is 9.85. The Bertz CT molecular complexity index is 998. The van der Waals surface area contributed by atoms with Crippen LogP contribution >= 0.6 is 0 Å². The molecule has 3 atom stereocenters. The van der Waals surface area contributed by atoms with Crippen LogP contribution in [-0.4, -0.2) is 16.8 Å². The zero-order chi connectivity index (χ0) is 19.5. The van der Waals surface area contributed by atoms with E-state index in [0.29, 0.717) is 22.6 Å². The standard InChI is InChI=1S/C22H26O5/c1-6-7-13-10-15(23)26-21-16(13)20-14(8-9-22(4,5)27-20)19-17(21)18(24)11(2)12(3)25-19/h8-12,18,24H,6-7H2,1-5H3/t11-,12?,18-/m0/s1. The van der Waals surface area contributed by atoms with E-state index in [4.69, 9.17) is 13.9 Å². The largest absolute Gasteiger partial charge is 0.489 e. The molecule has 0 fully saturated rings. The van der Waals surface area contributed by atoms with Crippen molar-refractivity contribution in [1.82, 2.24) is 0 Å². The molecule has 0 bridgehead atoms.